The summed E-state index contributed by atoms with van der Waals surface area (Å²) in [4.78, 5) is 13.3. The fourth-order valence-electron chi connectivity index (χ4n) is 4.70. The van der Waals surface area contributed by atoms with E-state index in [0.29, 0.717) is 46.9 Å². The number of ketones is 1. The fourth-order valence-corrected chi connectivity index (χ4v) is 4.70. The summed E-state index contributed by atoms with van der Waals surface area (Å²) in [6.07, 6.45) is 7.78. The van der Waals surface area contributed by atoms with Crippen molar-refractivity contribution in [3.8, 4) is 23.1 Å². The second-order valence-corrected chi connectivity index (χ2v) is 9.43. The molecule has 1 N–H and O–H groups in total. The zero-order chi connectivity index (χ0) is 26.4. The number of nitrogens with one attached hydrogen (secondary N) is 1. The van der Waals surface area contributed by atoms with Gasteiger partial charge in [0.15, 0.2) is 22.9 Å². The number of rotatable bonds is 12. The molecule has 0 amide bonds. The van der Waals surface area contributed by atoms with Crippen LogP contribution in [0.15, 0.2) is 24.3 Å². The number of carbonyl (C=O) groups is 1. The zero-order valence-electron chi connectivity index (χ0n) is 22.2. The number of hydrogen-bond donors (Lipinski definition) is 1. The Bertz CT molecular complexity index is 1280. The third-order valence-electron chi connectivity index (χ3n) is 6.92. The monoisotopic (exact) mass is 513 g/mol. The van der Waals surface area contributed by atoms with Crippen molar-refractivity contribution in [3.63, 3.8) is 0 Å². The highest BCUT2D eigenvalue weighted by Gasteiger charge is 2.21. The van der Waals surface area contributed by atoms with Crippen molar-refractivity contribution in [1.29, 1.82) is 5.41 Å². The summed E-state index contributed by atoms with van der Waals surface area (Å²) in [6.45, 7) is 4.55. The summed E-state index contributed by atoms with van der Waals surface area (Å²) in [5, 5.41) is 17.3. The normalized spacial score (nSPS) is 14.2. The van der Waals surface area contributed by atoms with Crippen LogP contribution in [-0.2, 0) is 6.54 Å². The highest BCUT2D eigenvalue weighted by atomic mass is 16.5. The van der Waals surface area contributed by atoms with E-state index in [2.05, 4.69) is 24.0 Å². The van der Waals surface area contributed by atoms with Crippen LogP contribution in [-0.4, -0.2) is 52.1 Å². The Labute approximate surface area is 218 Å². The Morgan fingerprint density at radius 2 is 1.81 bits per heavy atom. The molecule has 10 heteroatoms. The van der Waals surface area contributed by atoms with Crippen LogP contribution in [0.5, 0.6) is 23.1 Å². The predicted molar refractivity (Wildman–Crippen MR) is 140 cm³/mol. The summed E-state index contributed by atoms with van der Waals surface area (Å²) in [5.74, 6) is 2.04. The first-order valence-electron chi connectivity index (χ1n) is 13.1. The molecule has 37 heavy (non-hydrogen) atoms. The molecule has 1 aromatic carbocycles. The summed E-state index contributed by atoms with van der Waals surface area (Å²) < 4.78 is 25.8. The second-order valence-electron chi connectivity index (χ2n) is 9.43. The van der Waals surface area contributed by atoms with Crippen LogP contribution in [0.1, 0.15) is 70.6 Å². The SMILES string of the molecule is CCC(CC)Oc1ccc2nn(CC(=O)c3cc(OC)c(OC)c(OCC4CCCCC4)c3)c(=N)n2n1.[HH]. The van der Waals surface area contributed by atoms with Crippen LogP contribution in [0.2, 0.25) is 0 Å². The van der Waals surface area contributed by atoms with Crippen molar-refractivity contribution >= 4 is 11.4 Å². The maximum atomic E-state index is 13.3. The molecule has 0 atom stereocenters. The summed E-state index contributed by atoms with van der Waals surface area (Å²) in [6, 6.07) is 6.79. The zero-order valence-corrected chi connectivity index (χ0v) is 22.2. The molecule has 0 aliphatic heterocycles. The fraction of sp³-hybridized carbons (Fsp3) is 0.556. The Kier molecular flexibility index (Phi) is 8.68. The highest BCUT2D eigenvalue weighted by Crippen LogP contribution is 2.39. The number of fused-ring (bicyclic) bond motifs is 1. The Hall–Kier alpha value is -3.56. The van der Waals surface area contributed by atoms with Crippen molar-refractivity contribution in [2.45, 2.75) is 71.4 Å². The van der Waals surface area contributed by atoms with E-state index in [4.69, 9.17) is 24.4 Å². The van der Waals surface area contributed by atoms with Gasteiger partial charge in [-0.25, -0.2) is 4.68 Å². The molecular formula is C27H39N5O5. The van der Waals surface area contributed by atoms with Crippen LogP contribution in [0.3, 0.4) is 0 Å². The van der Waals surface area contributed by atoms with Crippen molar-refractivity contribution < 1.29 is 25.2 Å². The lowest BCUT2D eigenvalue weighted by molar-refractivity contribution is 0.0964. The van der Waals surface area contributed by atoms with Crippen LogP contribution < -0.4 is 24.6 Å². The number of carbonyl (C=O) groups excluding carboxylic acids is 1. The summed E-state index contributed by atoms with van der Waals surface area (Å²) >= 11 is 0. The first kappa shape index (κ1) is 26.5. The number of nitrogens with zero attached hydrogens (tertiary/aromatic N) is 4. The van der Waals surface area contributed by atoms with Gasteiger partial charge in [-0.1, -0.05) is 33.1 Å². The molecule has 0 bridgehead atoms. The molecule has 1 saturated carbocycles. The second kappa shape index (κ2) is 12.1. The molecule has 10 nitrogen and oxygen atoms in total. The van der Waals surface area contributed by atoms with E-state index in [9.17, 15) is 4.79 Å². The molecular weight excluding hydrogens is 474 g/mol. The topological polar surface area (TPSA) is 113 Å². The van der Waals surface area contributed by atoms with E-state index in [1.165, 1.54) is 35.6 Å². The number of ether oxygens (including phenoxy) is 4. The first-order valence-corrected chi connectivity index (χ1v) is 13.1. The maximum absolute atomic E-state index is 13.3. The molecule has 1 aliphatic rings. The third-order valence-corrected chi connectivity index (χ3v) is 6.92. The van der Waals surface area contributed by atoms with Crippen LogP contribution >= 0.6 is 0 Å². The number of methoxy groups -OCH3 is 2. The van der Waals surface area contributed by atoms with Gasteiger partial charge in [0.1, 0.15) is 6.54 Å². The minimum Gasteiger partial charge on any atom is -0.493 e. The van der Waals surface area contributed by atoms with Gasteiger partial charge in [0.25, 0.3) is 0 Å². The molecule has 0 saturated heterocycles. The average molecular weight is 514 g/mol. The largest absolute Gasteiger partial charge is 0.493 e. The van der Waals surface area contributed by atoms with Gasteiger partial charge >= 0.3 is 0 Å². The van der Waals surface area contributed by atoms with Gasteiger partial charge in [-0.3, -0.25) is 10.2 Å². The van der Waals surface area contributed by atoms with Gasteiger partial charge < -0.3 is 18.9 Å². The van der Waals surface area contributed by atoms with E-state index >= 15 is 0 Å². The van der Waals surface area contributed by atoms with Gasteiger partial charge in [-0.05, 0) is 49.8 Å². The lowest BCUT2D eigenvalue weighted by Gasteiger charge is -2.23. The molecule has 0 unspecified atom stereocenters. The quantitative estimate of drug-likeness (QED) is 0.350. The number of aromatic nitrogens is 4. The van der Waals surface area contributed by atoms with Crippen LogP contribution in [0.4, 0.5) is 0 Å². The predicted octanol–water partition coefficient (Wildman–Crippen LogP) is 4.68. The van der Waals surface area contributed by atoms with Gasteiger partial charge in [-0.2, -0.15) is 4.52 Å². The molecule has 0 spiro atoms. The van der Waals surface area contributed by atoms with E-state index < -0.39 is 0 Å². The summed E-state index contributed by atoms with van der Waals surface area (Å²) in [5.41, 5.74) is 0.831. The van der Waals surface area contributed by atoms with Crippen LogP contribution in [0, 0.1) is 11.3 Å². The van der Waals surface area contributed by atoms with Gasteiger partial charge in [0.05, 0.1) is 26.9 Å². The molecule has 0 radical (unpaired) electrons. The third kappa shape index (κ3) is 6.06. The molecule has 202 valence electrons. The first-order chi connectivity index (χ1) is 18.0. The highest BCUT2D eigenvalue weighted by molar-refractivity contribution is 5.97. The van der Waals surface area contributed by atoms with Gasteiger partial charge in [0.2, 0.25) is 17.2 Å². The Morgan fingerprint density at radius 3 is 2.49 bits per heavy atom. The van der Waals surface area contributed by atoms with E-state index in [1.807, 2.05) is 0 Å². The molecule has 2 heterocycles. The smallest absolute Gasteiger partial charge is 0.242 e. The minimum atomic E-state index is -0.237. The number of benzene rings is 1. The molecule has 2 aromatic heterocycles. The summed E-state index contributed by atoms with van der Waals surface area (Å²) in [7, 11) is 3.09. The maximum Gasteiger partial charge on any atom is 0.242 e. The van der Waals surface area contributed by atoms with E-state index in [-0.39, 0.29) is 25.5 Å². The number of Topliss-reactive ketones (excluding diaryl/α,β-unsaturated/α-hetero) is 1. The van der Waals surface area contributed by atoms with Crippen LogP contribution in [0.25, 0.3) is 5.65 Å². The van der Waals surface area contributed by atoms with Gasteiger partial charge in [0, 0.05) is 13.1 Å². The standard InChI is InChI=1S/C27H37N5O5.H2/c1-5-20(6-2)37-25-13-12-24-29-31(27(28)32(24)30-25)16-21(33)19-14-22(34-3)26(35-4)23(15-19)36-17-18-10-8-7-9-11-18;/h12-15,18,20,28H,5-11,16-17H2,1-4H3;1H. The van der Waals surface area contributed by atoms with E-state index in [0.717, 1.165) is 25.7 Å². The van der Waals surface area contributed by atoms with Crippen molar-refractivity contribution in [2.75, 3.05) is 20.8 Å². The average Bonchev–Trinajstić information content (AvgIpc) is 3.24. The number of hydrogen-bond acceptors (Lipinski definition) is 8. The minimum absolute atomic E-state index is 0. The molecule has 3 aromatic rings. The van der Waals surface area contributed by atoms with Crippen molar-refractivity contribution in [1.82, 2.24) is 19.4 Å². The van der Waals surface area contributed by atoms with E-state index in [1.54, 1.807) is 31.4 Å². The lowest BCUT2D eigenvalue weighted by atomic mass is 9.90. The Morgan fingerprint density at radius 1 is 1.08 bits per heavy atom. The van der Waals surface area contributed by atoms with Gasteiger partial charge in [-0.15, -0.1) is 10.2 Å². The van der Waals surface area contributed by atoms with Crippen molar-refractivity contribution in [2.24, 2.45) is 5.92 Å². The van der Waals surface area contributed by atoms with Crippen molar-refractivity contribution in [3.05, 3.63) is 35.4 Å². The molecule has 1 fully saturated rings. The molecule has 4 rings (SSSR count). The lowest BCUT2D eigenvalue weighted by Crippen LogP contribution is -2.26. The Balaban J connectivity index is 0.00000400. The molecule has 1 aliphatic carbocycles.